The fourth-order valence-electron chi connectivity index (χ4n) is 4.13. The molecule has 0 spiro atoms. The van der Waals surface area contributed by atoms with Crippen LogP contribution in [-0.2, 0) is 17.8 Å². The Labute approximate surface area is 214 Å². The van der Waals surface area contributed by atoms with Crippen molar-refractivity contribution in [3.05, 3.63) is 93.2 Å². The highest BCUT2D eigenvalue weighted by Gasteiger charge is 2.26. The predicted octanol–water partition coefficient (Wildman–Crippen LogP) is 1.90. The molecular weight excluding hydrogens is 475 g/mol. The number of nitrogens with zero attached hydrogens (tertiary/aromatic N) is 1. The minimum atomic E-state index is -1.15. The van der Waals surface area contributed by atoms with Gasteiger partial charge in [0.15, 0.2) is 6.67 Å². The van der Waals surface area contributed by atoms with Crippen molar-refractivity contribution in [2.45, 2.75) is 43.9 Å². The summed E-state index contributed by atoms with van der Waals surface area (Å²) in [5.74, 6) is 4.47. The zero-order valence-corrected chi connectivity index (χ0v) is 20.2. The van der Waals surface area contributed by atoms with Gasteiger partial charge in [-0.2, -0.15) is 0 Å². The van der Waals surface area contributed by atoms with E-state index < -0.39 is 29.8 Å². The summed E-state index contributed by atoms with van der Waals surface area (Å²) in [6.07, 6.45) is 3.00. The summed E-state index contributed by atoms with van der Waals surface area (Å²) in [5, 5.41) is 25.4. The molecule has 1 fully saturated rings. The van der Waals surface area contributed by atoms with Gasteiger partial charge in [-0.25, -0.2) is 9.37 Å². The summed E-state index contributed by atoms with van der Waals surface area (Å²) in [7, 11) is 0. The average molecular weight is 505 g/mol. The summed E-state index contributed by atoms with van der Waals surface area (Å²) in [4.78, 5) is 29.6. The molecule has 9 heteroatoms. The first-order valence-electron chi connectivity index (χ1n) is 12.1. The van der Waals surface area contributed by atoms with Crippen molar-refractivity contribution in [3.63, 3.8) is 0 Å². The number of aliphatic hydroxyl groups excluding tert-OH is 1. The SMILES string of the molecule is O=C(CF)NCC(Cc1ccc(C#Cc2ccc(CNC3CC(O)C3)cc2)cc1)c1nc[nH]c(=O)c1O. The number of hydrogen-bond acceptors (Lipinski definition) is 6. The van der Waals surface area contributed by atoms with E-state index in [9.17, 15) is 24.2 Å². The number of alkyl halides is 1. The second kappa shape index (κ2) is 12.3. The molecule has 1 heterocycles. The van der Waals surface area contributed by atoms with Crippen molar-refractivity contribution in [1.29, 1.82) is 0 Å². The Bertz CT molecular complexity index is 1320. The zero-order valence-electron chi connectivity index (χ0n) is 20.2. The number of carbonyl (C=O) groups is 1. The van der Waals surface area contributed by atoms with Gasteiger partial charge in [-0.1, -0.05) is 36.1 Å². The summed E-state index contributed by atoms with van der Waals surface area (Å²) >= 11 is 0. The van der Waals surface area contributed by atoms with Crippen LogP contribution in [0.4, 0.5) is 4.39 Å². The van der Waals surface area contributed by atoms with Gasteiger partial charge in [0, 0.05) is 36.2 Å². The molecule has 1 aromatic heterocycles. The Morgan fingerprint density at radius 1 is 1.08 bits per heavy atom. The predicted molar refractivity (Wildman–Crippen MR) is 137 cm³/mol. The van der Waals surface area contributed by atoms with Crippen molar-refractivity contribution in [3.8, 4) is 17.6 Å². The van der Waals surface area contributed by atoms with Crippen LogP contribution in [0, 0.1) is 11.8 Å². The highest BCUT2D eigenvalue weighted by Crippen LogP contribution is 2.24. The molecule has 37 heavy (non-hydrogen) atoms. The van der Waals surface area contributed by atoms with E-state index in [4.69, 9.17) is 0 Å². The third-order valence-corrected chi connectivity index (χ3v) is 6.36. The van der Waals surface area contributed by atoms with Crippen LogP contribution in [0.5, 0.6) is 5.75 Å². The third-order valence-electron chi connectivity index (χ3n) is 6.36. The van der Waals surface area contributed by atoms with E-state index in [0.717, 1.165) is 41.6 Å². The molecular formula is C28H29FN4O4. The number of amides is 1. The number of rotatable bonds is 9. The van der Waals surface area contributed by atoms with Crippen LogP contribution >= 0.6 is 0 Å². The van der Waals surface area contributed by atoms with Crippen molar-refractivity contribution >= 4 is 5.91 Å². The second-order valence-electron chi connectivity index (χ2n) is 9.15. The van der Waals surface area contributed by atoms with E-state index in [0.29, 0.717) is 12.5 Å². The molecule has 1 atom stereocenters. The number of carbonyl (C=O) groups excluding carboxylic acids is 1. The van der Waals surface area contributed by atoms with Crippen LogP contribution in [0.2, 0.25) is 0 Å². The lowest BCUT2D eigenvalue weighted by molar-refractivity contribution is -0.122. The molecule has 0 aliphatic heterocycles. The Morgan fingerprint density at radius 2 is 1.70 bits per heavy atom. The van der Waals surface area contributed by atoms with E-state index in [1.54, 1.807) is 0 Å². The number of H-pyrrole nitrogens is 1. The van der Waals surface area contributed by atoms with E-state index in [1.807, 2.05) is 48.5 Å². The number of aliphatic hydroxyl groups is 1. The monoisotopic (exact) mass is 504 g/mol. The summed E-state index contributed by atoms with van der Waals surface area (Å²) in [5.41, 5.74) is 3.20. The van der Waals surface area contributed by atoms with E-state index in [-0.39, 0.29) is 18.3 Å². The van der Waals surface area contributed by atoms with Gasteiger partial charge in [0.05, 0.1) is 18.1 Å². The molecule has 1 unspecified atom stereocenters. The lowest BCUT2D eigenvalue weighted by atomic mass is 9.89. The van der Waals surface area contributed by atoms with Gasteiger partial charge < -0.3 is 25.8 Å². The van der Waals surface area contributed by atoms with Gasteiger partial charge in [0.1, 0.15) is 0 Å². The molecule has 3 aromatic rings. The van der Waals surface area contributed by atoms with Gasteiger partial charge in [-0.15, -0.1) is 0 Å². The standard InChI is InChI=1S/C28H29FN4O4/c29-14-25(35)31-16-22(26-27(36)28(37)33-17-32-26)11-20-7-3-18(4-8-20)1-2-19-5-9-21(10-6-19)15-30-23-12-24(34)13-23/h3-10,17,22-24,30,34,36H,11-16H2,(H,31,35)(H,32,33,37). The minimum absolute atomic E-state index is 0.0163. The quantitative estimate of drug-likeness (QED) is 0.283. The lowest BCUT2D eigenvalue weighted by Crippen LogP contribution is -2.43. The molecule has 1 saturated carbocycles. The van der Waals surface area contributed by atoms with Crippen LogP contribution < -0.4 is 16.2 Å². The van der Waals surface area contributed by atoms with Crippen LogP contribution in [0.15, 0.2) is 59.7 Å². The Morgan fingerprint density at radius 3 is 2.30 bits per heavy atom. The van der Waals surface area contributed by atoms with Gasteiger partial charge in [-0.3, -0.25) is 9.59 Å². The number of hydrogen-bond donors (Lipinski definition) is 5. The highest BCUT2D eigenvalue weighted by molar-refractivity contribution is 5.77. The van der Waals surface area contributed by atoms with E-state index in [1.165, 1.54) is 6.33 Å². The van der Waals surface area contributed by atoms with Crippen LogP contribution in [0.3, 0.4) is 0 Å². The Hall–Kier alpha value is -4.00. The minimum Gasteiger partial charge on any atom is -0.502 e. The molecule has 1 aliphatic rings. The summed E-state index contributed by atoms with van der Waals surface area (Å²) < 4.78 is 12.6. The summed E-state index contributed by atoms with van der Waals surface area (Å²) in [6, 6.07) is 15.9. The molecule has 192 valence electrons. The molecule has 0 radical (unpaired) electrons. The number of nitrogens with one attached hydrogen (secondary N) is 3. The normalized spacial score (nSPS) is 17.2. The number of aromatic nitrogens is 2. The second-order valence-corrected chi connectivity index (χ2v) is 9.15. The maximum absolute atomic E-state index is 12.6. The fourth-order valence-corrected chi connectivity index (χ4v) is 4.13. The van der Waals surface area contributed by atoms with Crippen molar-refractivity contribution < 1.29 is 19.4 Å². The largest absolute Gasteiger partial charge is 0.502 e. The number of halogens is 1. The van der Waals surface area contributed by atoms with E-state index >= 15 is 0 Å². The summed E-state index contributed by atoms with van der Waals surface area (Å²) in [6.45, 7) is -0.377. The number of aromatic amines is 1. The molecule has 4 rings (SSSR count). The van der Waals surface area contributed by atoms with Crippen LogP contribution in [0.1, 0.15) is 46.7 Å². The molecule has 1 aliphatic carbocycles. The van der Waals surface area contributed by atoms with Crippen LogP contribution in [0.25, 0.3) is 0 Å². The van der Waals surface area contributed by atoms with Gasteiger partial charge >= 0.3 is 0 Å². The van der Waals surface area contributed by atoms with Crippen molar-refractivity contribution in [1.82, 2.24) is 20.6 Å². The fraction of sp³-hybridized carbons (Fsp3) is 0.321. The molecule has 5 N–H and O–H groups in total. The maximum Gasteiger partial charge on any atom is 0.293 e. The topological polar surface area (TPSA) is 127 Å². The van der Waals surface area contributed by atoms with Crippen molar-refractivity contribution in [2.24, 2.45) is 0 Å². The van der Waals surface area contributed by atoms with Gasteiger partial charge in [0.25, 0.3) is 11.5 Å². The molecule has 8 nitrogen and oxygen atoms in total. The smallest absolute Gasteiger partial charge is 0.293 e. The Kier molecular flexibility index (Phi) is 8.67. The number of aromatic hydroxyl groups is 1. The number of benzene rings is 2. The lowest BCUT2D eigenvalue weighted by Gasteiger charge is -2.32. The van der Waals surface area contributed by atoms with Crippen molar-refractivity contribution in [2.75, 3.05) is 13.2 Å². The van der Waals surface area contributed by atoms with Gasteiger partial charge in [0.2, 0.25) is 5.75 Å². The first kappa shape index (κ1) is 26.1. The van der Waals surface area contributed by atoms with Crippen LogP contribution in [-0.4, -0.2) is 51.5 Å². The Balaban J connectivity index is 1.38. The maximum atomic E-state index is 12.6. The van der Waals surface area contributed by atoms with Gasteiger partial charge in [-0.05, 0) is 54.7 Å². The third kappa shape index (κ3) is 7.26. The van der Waals surface area contributed by atoms with E-state index in [2.05, 4.69) is 32.4 Å². The zero-order chi connectivity index (χ0) is 26.2. The molecule has 1 amide bonds. The molecule has 0 saturated heterocycles. The molecule has 2 aromatic carbocycles. The first-order chi connectivity index (χ1) is 17.9. The first-order valence-corrected chi connectivity index (χ1v) is 12.1. The molecule has 0 bridgehead atoms. The average Bonchev–Trinajstić information content (AvgIpc) is 2.90. The highest BCUT2D eigenvalue weighted by atomic mass is 19.1.